The van der Waals surface area contributed by atoms with Crippen molar-refractivity contribution in [2.24, 2.45) is 0 Å². The van der Waals surface area contributed by atoms with Gasteiger partial charge in [-0.2, -0.15) is 0 Å². The molecule has 1 amide bonds. The Morgan fingerprint density at radius 3 is 1.93 bits per heavy atom. The van der Waals surface area contributed by atoms with Crippen LogP contribution >= 0.6 is 0 Å². The molecule has 2 aliphatic rings. The van der Waals surface area contributed by atoms with Gasteiger partial charge >= 0.3 is 0 Å². The van der Waals surface area contributed by atoms with Gasteiger partial charge in [-0.15, -0.1) is 0 Å². The zero-order chi connectivity index (χ0) is 20.6. The van der Waals surface area contributed by atoms with Crippen LogP contribution in [0.1, 0.15) is 66.4 Å². The fourth-order valence-electron chi connectivity index (χ4n) is 4.58. The van der Waals surface area contributed by atoms with Crippen LogP contribution in [0, 0.1) is 0 Å². The topological polar surface area (TPSA) is 35.6 Å². The summed E-state index contributed by atoms with van der Waals surface area (Å²) in [5.41, 5.74) is 4.47. The first kappa shape index (κ1) is 20.9. The van der Waals surface area contributed by atoms with Crippen molar-refractivity contribution >= 4 is 11.6 Å². The second kappa shape index (κ2) is 10.6. The quantitative estimate of drug-likeness (QED) is 0.736. The van der Waals surface area contributed by atoms with Gasteiger partial charge in [0.2, 0.25) is 0 Å². The lowest BCUT2D eigenvalue weighted by Crippen LogP contribution is -2.29. The highest BCUT2D eigenvalue weighted by Crippen LogP contribution is 2.20. The van der Waals surface area contributed by atoms with Crippen LogP contribution in [0.4, 0.5) is 5.69 Å². The minimum atomic E-state index is -0.00331. The van der Waals surface area contributed by atoms with Crippen LogP contribution in [0.25, 0.3) is 0 Å². The fraction of sp³-hybridized carbons (Fsp3) is 0.500. The number of hydrogen-bond acceptors (Lipinski definition) is 3. The molecule has 4 rings (SSSR count). The predicted octanol–water partition coefficient (Wildman–Crippen LogP) is 4.98. The van der Waals surface area contributed by atoms with Gasteiger partial charge in [0.25, 0.3) is 5.91 Å². The summed E-state index contributed by atoms with van der Waals surface area (Å²) < 4.78 is 0. The van der Waals surface area contributed by atoms with Crippen LogP contribution in [0.3, 0.4) is 0 Å². The highest BCUT2D eigenvalue weighted by atomic mass is 16.1. The fourth-order valence-corrected chi connectivity index (χ4v) is 4.58. The molecule has 0 unspecified atom stereocenters. The van der Waals surface area contributed by atoms with E-state index in [0.717, 1.165) is 30.8 Å². The lowest BCUT2D eigenvalue weighted by atomic mass is 10.1. The van der Waals surface area contributed by atoms with Crippen molar-refractivity contribution in [3.05, 3.63) is 65.2 Å². The van der Waals surface area contributed by atoms with Crippen molar-refractivity contribution in [1.82, 2.24) is 10.2 Å². The van der Waals surface area contributed by atoms with E-state index in [-0.39, 0.29) is 5.91 Å². The minimum Gasteiger partial charge on any atom is -0.372 e. The van der Waals surface area contributed by atoms with Gasteiger partial charge in [0.15, 0.2) is 0 Å². The first-order chi connectivity index (χ1) is 14.8. The van der Waals surface area contributed by atoms with Crippen LogP contribution in [0.2, 0.25) is 0 Å². The van der Waals surface area contributed by atoms with Gasteiger partial charge in [-0.3, -0.25) is 9.69 Å². The Kier molecular flexibility index (Phi) is 7.41. The lowest BCUT2D eigenvalue weighted by Gasteiger charge is -2.28. The standard InChI is InChI=1S/C26H35N3O/c30-26(24-12-8-23(9-13-24)21-28-16-4-1-2-5-17-28)27-20-22-10-14-25(15-11-22)29-18-6-3-7-19-29/h8-15H,1-7,16-21H2,(H,27,30). The van der Waals surface area contributed by atoms with E-state index >= 15 is 0 Å². The van der Waals surface area contributed by atoms with E-state index in [1.54, 1.807) is 0 Å². The van der Waals surface area contributed by atoms with E-state index in [9.17, 15) is 4.79 Å². The monoisotopic (exact) mass is 405 g/mol. The van der Waals surface area contributed by atoms with Crippen LogP contribution < -0.4 is 10.2 Å². The maximum Gasteiger partial charge on any atom is 0.251 e. The first-order valence-electron chi connectivity index (χ1n) is 11.7. The zero-order valence-corrected chi connectivity index (χ0v) is 18.1. The Hall–Kier alpha value is -2.33. The molecular formula is C26H35N3O. The number of nitrogens with one attached hydrogen (secondary N) is 1. The highest BCUT2D eigenvalue weighted by molar-refractivity contribution is 5.94. The molecule has 2 aromatic carbocycles. The summed E-state index contributed by atoms with van der Waals surface area (Å²) in [6.07, 6.45) is 9.25. The number of carbonyl (C=O) groups excluding carboxylic acids is 1. The number of nitrogens with zero attached hydrogens (tertiary/aromatic N) is 2. The summed E-state index contributed by atoms with van der Waals surface area (Å²) in [6, 6.07) is 16.8. The van der Waals surface area contributed by atoms with Crippen molar-refractivity contribution in [2.45, 2.75) is 58.0 Å². The second-order valence-electron chi connectivity index (χ2n) is 8.78. The molecule has 0 radical (unpaired) electrons. The summed E-state index contributed by atoms with van der Waals surface area (Å²) in [7, 11) is 0. The summed E-state index contributed by atoms with van der Waals surface area (Å²) in [5, 5.41) is 3.06. The molecule has 2 aliphatic heterocycles. The Morgan fingerprint density at radius 2 is 1.27 bits per heavy atom. The lowest BCUT2D eigenvalue weighted by molar-refractivity contribution is 0.0951. The number of amides is 1. The molecule has 0 aliphatic carbocycles. The third-order valence-electron chi connectivity index (χ3n) is 6.43. The molecule has 4 nitrogen and oxygen atoms in total. The van der Waals surface area contributed by atoms with E-state index in [0.29, 0.717) is 6.54 Å². The van der Waals surface area contributed by atoms with Crippen molar-refractivity contribution in [3.63, 3.8) is 0 Å². The van der Waals surface area contributed by atoms with Crippen LogP contribution in [-0.4, -0.2) is 37.0 Å². The van der Waals surface area contributed by atoms with E-state index in [2.05, 4.69) is 51.5 Å². The number of anilines is 1. The SMILES string of the molecule is O=C(NCc1ccc(N2CCCCC2)cc1)c1ccc(CN2CCCCCC2)cc1. The molecule has 1 N–H and O–H groups in total. The number of piperidine rings is 1. The zero-order valence-electron chi connectivity index (χ0n) is 18.1. The molecular weight excluding hydrogens is 370 g/mol. The Bertz CT molecular complexity index is 786. The molecule has 4 heteroatoms. The molecule has 160 valence electrons. The highest BCUT2D eigenvalue weighted by Gasteiger charge is 2.12. The summed E-state index contributed by atoms with van der Waals surface area (Å²) in [5.74, 6) is -0.00331. The van der Waals surface area contributed by atoms with Crippen molar-refractivity contribution in [1.29, 1.82) is 0 Å². The first-order valence-corrected chi connectivity index (χ1v) is 11.7. The molecule has 0 spiro atoms. The van der Waals surface area contributed by atoms with Gasteiger partial charge < -0.3 is 10.2 Å². The van der Waals surface area contributed by atoms with Crippen molar-refractivity contribution in [3.8, 4) is 0 Å². The number of benzene rings is 2. The summed E-state index contributed by atoms with van der Waals surface area (Å²) in [4.78, 5) is 17.5. The third kappa shape index (κ3) is 5.85. The number of likely N-dealkylation sites (tertiary alicyclic amines) is 1. The number of hydrogen-bond donors (Lipinski definition) is 1. The van der Waals surface area contributed by atoms with Gasteiger partial charge in [-0.05, 0) is 80.6 Å². The largest absolute Gasteiger partial charge is 0.372 e. The summed E-state index contributed by atoms with van der Waals surface area (Å²) >= 11 is 0. The third-order valence-corrected chi connectivity index (χ3v) is 6.43. The van der Waals surface area contributed by atoms with Gasteiger partial charge in [0.05, 0.1) is 0 Å². The summed E-state index contributed by atoms with van der Waals surface area (Å²) in [6.45, 7) is 6.26. The van der Waals surface area contributed by atoms with Gasteiger partial charge in [0, 0.05) is 37.4 Å². The Morgan fingerprint density at radius 1 is 0.700 bits per heavy atom. The number of rotatable bonds is 6. The smallest absolute Gasteiger partial charge is 0.251 e. The molecule has 2 saturated heterocycles. The van der Waals surface area contributed by atoms with Crippen LogP contribution in [-0.2, 0) is 13.1 Å². The van der Waals surface area contributed by atoms with Crippen LogP contribution in [0.15, 0.2) is 48.5 Å². The molecule has 2 aromatic rings. The second-order valence-corrected chi connectivity index (χ2v) is 8.78. The minimum absolute atomic E-state index is 0.00331. The predicted molar refractivity (Wildman–Crippen MR) is 124 cm³/mol. The van der Waals surface area contributed by atoms with Crippen molar-refractivity contribution < 1.29 is 4.79 Å². The van der Waals surface area contributed by atoms with Crippen LogP contribution in [0.5, 0.6) is 0 Å². The molecule has 2 fully saturated rings. The van der Waals surface area contributed by atoms with Gasteiger partial charge in [-0.25, -0.2) is 0 Å². The van der Waals surface area contributed by atoms with Crippen molar-refractivity contribution in [2.75, 3.05) is 31.1 Å². The average Bonchev–Trinajstić information content (AvgIpc) is 3.07. The van der Waals surface area contributed by atoms with Gasteiger partial charge in [0.1, 0.15) is 0 Å². The van der Waals surface area contributed by atoms with Gasteiger partial charge in [-0.1, -0.05) is 37.1 Å². The Balaban J connectivity index is 1.26. The number of carbonyl (C=O) groups is 1. The maximum absolute atomic E-state index is 12.5. The molecule has 0 saturated carbocycles. The molecule has 2 heterocycles. The van der Waals surface area contributed by atoms with E-state index in [1.807, 2.05) is 12.1 Å². The molecule has 0 atom stereocenters. The molecule has 0 bridgehead atoms. The average molecular weight is 406 g/mol. The van der Waals surface area contributed by atoms with E-state index < -0.39 is 0 Å². The molecule has 0 aromatic heterocycles. The van der Waals surface area contributed by atoms with E-state index in [1.165, 1.54) is 69.3 Å². The van der Waals surface area contributed by atoms with E-state index in [4.69, 9.17) is 0 Å². The molecule has 30 heavy (non-hydrogen) atoms. The maximum atomic E-state index is 12.5. The Labute approximate surface area is 181 Å². The normalized spacial score (nSPS) is 18.1.